The zero-order valence-electron chi connectivity index (χ0n) is 12.3. The largest absolute Gasteiger partial charge is 0.496 e. The Morgan fingerprint density at radius 1 is 1.06 bits per heavy atom. The van der Waals surface area contributed by atoms with Crippen LogP contribution in [0.1, 0.15) is 56.2 Å². The van der Waals surface area contributed by atoms with Crippen LogP contribution in [-0.4, -0.2) is 12.2 Å². The third-order valence-electron chi connectivity index (χ3n) is 3.57. The van der Waals surface area contributed by atoms with Crippen LogP contribution in [0.3, 0.4) is 0 Å². The lowest BCUT2D eigenvalue weighted by Gasteiger charge is -2.30. The average molecular weight is 250 g/mol. The van der Waals surface area contributed by atoms with Gasteiger partial charge in [-0.2, -0.15) is 0 Å². The van der Waals surface area contributed by atoms with E-state index < -0.39 is 5.60 Å². The van der Waals surface area contributed by atoms with Gasteiger partial charge in [0.25, 0.3) is 0 Å². The van der Waals surface area contributed by atoms with E-state index >= 15 is 0 Å². The molecule has 0 radical (unpaired) electrons. The first-order chi connectivity index (χ1) is 8.48. The van der Waals surface area contributed by atoms with Gasteiger partial charge in [0.1, 0.15) is 5.75 Å². The van der Waals surface area contributed by atoms with Crippen LogP contribution in [0.25, 0.3) is 0 Å². The fourth-order valence-electron chi connectivity index (χ4n) is 2.73. The number of rotatable bonds is 6. The molecule has 0 aliphatic heterocycles. The maximum absolute atomic E-state index is 10.9. The van der Waals surface area contributed by atoms with Gasteiger partial charge in [-0.3, -0.25) is 0 Å². The zero-order valence-corrected chi connectivity index (χ0v) is 12.3. The molecular formula is C16H26O2. The Balaban J connectivity index is 3.24. The molecule has 2 heteroatoms. The number of benzene rings is 1. The predicted molar refractivity (Wildman–Crippen MR) is 76.2 cm³/mol. The van der Waals surface area contributed by atoms with Crippen molar-refractivity contribution in [1.82, 2.24) is 0 Å². The van der Waals surface area contributed by atoms with E-state index in [4.69, 9.17) is 4.74 Å². The van der Waals surface area contributed by atoms with E-state index in [1.54, 1.807) is 7.11 Å². The van der Waals surface area contributed by atoms with Gasteiger partial charge in [0.05, 0.1) is 12.7 Å². The summed E-state index contributed by atoms with van der Waals surface area (Å²) in [6.45, 7) is 8.31. The molecule has 0 saturated heterocycles. The van der Waals surface area contributed by atoms with E-state index in [1.807, 2.05) is 19.9 Å². The Morgan fingerprint density at radius 2 is 1.61 bits per heavy atom. The first-order valence-corrected chi connectivity index (χ1v) is 6.86. The second kappa shape index (κ2) is 6.24. The van der Waals surface area contributed by atoms with Crippen molar-refractivity contribution < 1.29 is 9.84 Å². The van der Waals surface area contributed by atoms with E-state index in [-0.39, 0.29) is 0 Å². The first kappa shape index (κ1) is 15.0. The zero-order chi connectivity index (χ0) is 13.8. The SMILES string of the molecule is CCCC(O)(CCC)c1cc(C)c(OC)cc1C. The Bertz CT molecular complexity index is 390. The Morgan fingerprint density at radius 3 is 2.06 bits per heavy atom. The van der Waals surface area contributed by atoms with Crippen LogP contribution >= 0.6 is 0 Å². The van der Waals surface area contributed by atoms with Crippen molar-refractivity contribution in [3.63, 3.8) is 0 Å². The molecule has 0 spiro atoms. The van der Waals surface area contributed by atoms with E-state index in [1.165, 1.54) is 0 Å². The molecule has 0 heterocycles. The van der Waals surface area contributed by atoms with E-state index in [9.17, 15) is 5.11 Å². The quantitative estimate of drug-likeness (QED) is 0.823. The number of ether oxygens (including phenoxy) is 1. The highest BCUT2D eigenvalue weighted by Crippen LogP contribution is 2.36. The molecule has 0 atom stereocenters. The topological polar surface area (TPSA) is 29.5 Å². The van der Waals surface area contributed by atoms with E-state index in [0.29, 0.717) is 0 Å². The lowest BCUT2D eigenvalue weighted by molar-refractivity contribution is 0.0163. The number of aliphatic hydroxyl groups is 1. The number of hydrogen-bond acceptors (Lipinski definition) is 2. The van der Waals surface area contributed by atoms with Crippen LogP contribution in [0.15, 0.2) is 12.1 Å². The van der Waals surface area contributed by atoms with Crippen LogP contribution < -0.4 is 4.74 Å². The lowest BCUT2D eigenvalue weighted by Crippen LogP contribution is -2.26. The molecule has 1 aromatic carbocycles. The number of aryl methyl sites for hydroxylation is 2. The molecule has 0 unspecified atom stereocenters. The summed E-state index contributed by atoms with van der Waals surface area (Å²) >= 11 is 0. The summed E-state index contributed by atoms with van der Waals surface area (Å²) in [5.41, 5.74) is 2.57. The molecule has 1 aromatic rings. The van der Waals surface area contributed by atoms with Crippen molar-refractivity contribution in [1.29, 1.82) is 0 Å². The molecular weight excluding hydrogens is 224 g/mol. The molecule has 0 aromatic heterocycles. The van der Waals surface area contributed by atoms with Crippen molar-refractivity contribution in [2.75, 3.05) is 7.11 Å². The van der Waals surface area contributed by atoms with Crippen molar-refractivity contribution >= 4 is 0 Å². The van der Waals surface area contributed by atoms with Gasteiger partial charge in [0, 0.05) is 0 Å². The normalized spacial score (nSPS) is 11.7. The molecule has 1 N–H and O–H groups in total. The number of hydrogen-bond donors (Lipinski definition) is 1. The smallest absolute Gasteiger partial charge is 0.122 e. The monoisotopic (exact) mass is 250 g/mol. The lowest BCUT2D eigenvalue weighted by atomic mass is 9.82. The molecule has 0 aliphatic rings. The Hall–Kier alpha value is -1.02. The highest BCUT2D eigenvalue weighted by atomic mass is 16.5. The third-order valence-corrected chi connectivity index (χ3v) is 3.57. The van der Waals surface area contributed by atoms with Gasteiger partial charge >= 0.3 is 0 Å². The average Bonchev–Trinajstić information content (AvgIpc) is 2.32. The maximum atomic E-state index is 10.9. The van der Waals surface area contributed by atoms with Gasteiger partial charge in [-0.25, -0.2) is 0 Å². The Labute approximate surface area is 111 Å². The highest BCUT2D eigenvalue weighted by Gasteiger charge is 2.29. The summed E-state index contributed by atoms with van der Waals surface area (Å²) in [4.78, 5) is 0. The second-order valence-electron chi connectivity index (χ2n) is 5.17. The molecule has 0 aliphatic carbocycles. The minimum absolute atomic E-state index is 0.690. The first-order valence-electron chi connectivity index (χ1n) is 6.86. The molecule has 1 rings (SSSR count). The minimum atomic E-state index is -0.690. The van der Waals surface area contributed by atoms with Crippen LogP contribution in [-0.2, 0) is 5.60 Å². The second-order valence-corrected chi connectivity index (χ2v) is 5.17. The van der Waals surface area contributed by atoms with Crippen LogP contribution in [0.5, 0.6) is 5.75 Å². The summed E-state index contributed by atoms with van der Waals surface area (Å²) in [5.74, 6) is 0.895. The van der Waals surface area contributed by atoms with E-state index in [2.05, 4.69) is 19.9 Å². The minimum Gasteiger partial charge on any atom is -0.496 e. The summed E-state index contributed by atoms with van der Waals surface area (Å²) in [6, 6.07) is 4.11. The molecule has 0 fully saturated rings. The standard InChI is InChI=1S/C16H26O2/c1-6-8-16(17,9-7-2)14-10-13(4)15(18-5)11-12(14)3/h10-11,17H,6-9H2,1-5H3. The van der Waals surface area contributed by atoms with Gasteiger partial charge in [-0.05, 0) is 55.5 Å². The summed E-state index contributed by atoms with van der Waals surface area (Å²) in [7, 11) is 1.69. The summed E-state index contributed by atoms with van der Waals surface area (Å²) in [5, 5.41) is 10.9. The number of methoxy groups -OCH3 is 1. The van der Waals surface area contributed by atoms with Gasteiger partial charge in [-0.1, -0.05) is 26.7 Å². The molecule has 0 saturated carbocycles. The fraction of sp³-hybridized carbons (Fsp3) is 0.625. The van der Waals surface area contributed by atoms with E-state index in [0.717, 1.165) is 48.1 Å². The maximum Gasteiger partial charge on any atom is 0.122 e. The Kier molecular flexibility index (Phi) is 5.21. The summed E-state index contributed by atoms with van der Waals surface area (Å²) in [6.07, 6.45) is 3.60. The van der Waals surface area contributed by atoms with Gasteiger partial charge in [0.15, 0.2) is 0 Å². The van der Waals surface area contributed by atoms with Crippen molar-refractivity contribution in [3.05, 3.63) is 28.8 Å². The van der Waals surface area contributed by atoms with Crippen LogP contribution in [0, 0.1) is 13.8 Å². The predicted octanol–water partition coefficient (Wildman–Crippen LogP) is 4.10. The van der Waals surface area contributed by atoms with Crippen molar-refractivity contribution in [3.8, 4) is 5.75 Å². The molecule has 0 bridgehead atoms. The summed E-state index contributed by atoms with van der Waals surface area (Å²) < 4.78 is 5.33. The van der Waals surface area contributed by atoms with Gasteiger partial charge in [-0.15, -0.1) is 0 Å². The third kappa shape index (κ3) is 3.05. The van der Waals surface area contributed by atoms with Crippen molar-refractivity contribution in [2.24, 2.45) is 0 Å². The van der Waals surface area contributed by atoms with Crippen molar-refractivity contribution in [2.45, 2.75) is 59.0 Å². The van der Waals surface area contributed by atoms with Gasteiger partial charge < -0.3 is 9.84 Å². The molecule has 18 heavy (non-hydrogen) atoms. The molecule has 102 valence electrons. The van der Waals surface area contributed by atoms with Crippen LogP contribution in [0.4, 0.5) is 0 Å². The molecule has 2 nitrogen and oxygen atoms in total. The fourth-order valence-corrected chi connectivity index (χ4v) is 2.73. The van der Waals surface area contributed by atoms with Gasteiger partial charge in [0.2, 0.25) is 0 Å². The van der Waals surface area contributed by atoms with Crippen LogP contribution in [0.2, 0.25) is 0 Å². The molecule has 0 amide bonds. The highest BCUT2D eigenvalue weighted by molar-refractivity contribution is 5.44.